The van der Waals surface area contributed by atoms with E-state index >= 15 is 0 Å². The number of nitrogens with two attached hydrogens (primary N) is 1. The molecule has 1 aromatic carbocycles. The van der Waals surface area contributed by atoms with Crippen LogP contribution in [0.3, 0.4) is 0 Å². The first-order valence-electron chi connectivity index (χ1n) is 5.52. The van der Waals surface area contributed by atoms with E-state index in [9.17, 15) is 0 Å². The van der Waals surface area contributed by atoms with Gasteiger partial charge in [-0.1, -0.05) is 0 Å². The Bertz CT molecular complexity index is 733. The summed E-state index contributed by atoms with van der Waals surface area (Å²) in [7, 11) is 0. The quantitative estimate of drug-likeness (QED) is 0.703. The Labute approximate surface area is 113 Å². The molecule has 18 heavy (non-hydrogen) atoms. The normalized spacial score (nSPS) is 11.0. The van der Waals surface area contributed by atoms with E-state index in [0.29, 0.717) is 5.69 Å². The molecular weight excluding hydrogens is 292 g/mol. The van der Waals surface area contributed by atoms with Gasteiger partial charge in [0.15, 0.2) is 11.5 Å². The monoisotopic (exact) mass is 302 g/mol. The Morgan fingerprint density at radius 1 is 1.17 bits per heavy atom. The lowest BCUT2D eigenvalue weighted by atomic mass is 10.2. The minimum Gasteiger partial charge on any atom is -0.398 e. The van der Waals surface area contributed by atoms with Crippen molar-refractivity contribution in [3.8, 4) is 11.4 Å². The Morgan fingerprint density at radius 2 is 2.00 bits per heavy atom. The average molecular weight is 303 g/mol. The highest BCUT2D eigenvalue weighted by atomic mass is 79.9. The number of aromatic nitrogens is 3. The first kappa shape index (κ1) is 11.2. The molecule has 0 fully saturated rings. The van der Waals surface area contributed by atoms with Gasteiger partial charge in [0.1, 0.15) is 0 Å². The van der Waals surface area contributed by atoms with Crippen molar-refractivity contribution in [1.82, 2.24) is 14.6 Å². The van der Waals surface area contributed by atoms with Crippen molar-refractivity contribution in [3.63, 3.8) is 0 Å². The molecule has 2 N–H and O–H groups in total. The van der Waals surface area contributed by atoms with Gasteiger partial charge in [-0.2, -0.15) is 0 Å². The molecule has 0 saturated carbocycles. The van der Waals surface area contributed by atoms with Gasteiger partial charge in [0.25, 0.3) is 0 Å². The smallest absolute Gasteiger partial charge is 0.168 e. The van der Waals surface area contributed by atoms with Crippen LogP contribution >= 0.6 is 15.9 Å². The molecule has 90 valence electrons. The molecule has 3 rings (SSSR count). The number of halogens is 1. The van der Waals surface area contributed by atoms with Crippen molar-refractivity contribution in [2.75, 3.05) is 5.73 Å². The number of benzene rings is 1. The largest absolute Gasteiger partial charge is 0.398 e. The molecule has 0 aliphatic carbocycles. The number of fused-ring (bicyclic) bond motifs is 1. The maximum absolute atomic E-state index is 5.89. The molecule has 0 amide bonds. The summed E-state index contributed by atoms with van der Waals surface area (Å²) in [5.74, 6) is 0.796. The Hall–Kier alpha value is -1.88. The van der Waals surface area contributed by atoms with E-state index in [0.717, 1.165) is 27.1 Å². The summed E-state index contributed by atoms with van der Waals surface area (Å²) in [6.07, 6.45) is 1.97. The molecule has 2 aromatic heterocycles. The van der Waals surface area contributed by atoms with Crippen LogP contribution in [0.25, 0.3) is 17.0 Å². The second-order valence-corrected chi connectivity index (χ2v) is 5.05. The molecule has 0 atom stereocenters. The number of pyridine rings is 1. The number of aryl methyl sites for hydroxylation is 1. The van der Waals surface area contributed by atoms with E-state index in [2.05, 4.69) is 26.1 Å². The molecule has 5 heteroatoms. The van der Waals surface area contributed by atoms with E-state index in [1.54, 1.807) is 0 Å². The van der Waals surface area contributed by atoms with Gasteiger partial charge in [-0.25, -0.2) is 0 Å². The van der Waals surface area contributed by atoms with Crippen molar-refractivity contribution in [2.24, 2.45) is 0 Å². The van der Waals surface area contributed by atoms with Gasteiger partial charge < -0.3 is 5.73 Å². The highest BCUT2D eigenvalue weighted by molar-refractivity contribution is 9.10. The fourth-order valence-corrected chi connectivity index (χ4v) is 2.12. The molecule has 3 aromatic rings. The van der Waals surface area contributed by atoms with E-state index in [-0.39, 0.29) is 0 Å². The number of hydrogen-bond donors (Lipinski definition) is 1. The van der Waals surface area contributed by atoms with Gasteiger partial charge in [0.05, 0.1) is 0 Å². The number of anilines is 1. The van der Waals surface area contributed by atoms with Crippen LogP contribution in [0.5, 0.6) is 0 Å². The SMILES string of the molecule is Cc1ccn2c(-c3ccc(Br)c(N)c3)nnc2c1. The third kappa shape index (κ3) is 1.76. The zero-order valence-corrected chi connectivity index (χ0v) is 11.3. The first-order chi connectivity index (χ1) is 8.65. The molecule has 0 aliphatic heterocycles. The standard InChI is InChI=1S/C13H11BrN4/c1-8-4-5-18-12(6-8)16-17-13(18)9-2-3-10(14)11(15)7-9/h2-7H,15H2,1H3. The van der Waals surface area contributed by atoms with Crippen LogP contribution < -0.4 is 5.73 Å². The zero-order chi connectivity index (χ0) is 12.7. The molecule has 0 unspecified atom stereocenters. The Morgan fingerprint density at radius 3 is 2.78 bits per heavy atom. The van der Waals surface area contributed by atoms with E-state index < -0.39 is 0 Å². The van der Waals surface area contributed by atoms with Crippen molar-refractivity contribution in [1.29, 1.82) is 0 Å². The minimum absolute atomic E-state index is 0.691. The number of rotatable bonds is 1. The number of hydrogen-bond acceptors (Lipinski definition) is 3. The molecule has 0 spiro atoms. The predicted octanol–water partition coefficient (Wildman–Crippen LogP) is 3.05. The van der Waals surface area contributed by atoms with Crippen LogP contribution in [-0.4, -0.2) is 14.6 Å². The van der Waals surface area contributed by atoms with Crippen molar-refractivity contribution in [3.05, 3.63) is 46.6 Å². The van der Waals surface area contributed by atoms with Gasteiger partial charge >= 0.3 is 0 Å². The lowest BCUT2D eigenvalue weighted by Gasteiger charge is -2.03. The number of nitrogens with zero attached hydrogens (tertiary/aromatic N) is 3. The van der Waals surface area contributed by atoms with E-state index in [4.69, 9.17) is 5.73 Å². The summed E-state index contributed by atoms with van der Waals surface area (Å²) in [5.41, 5.74) is 9.54. The van der Waals surface area contributed by atoms with Crippen molar-refractivity contribution in [2.45, 2.75) is 6.92 Å². The Kier molecular flexibility index (Phi) is 2.56. The highest BCUT2D eigenvalue weighted by Crippen LogP contribution is 2.26. The average Bonchev–Trinajstić information content (AvgIpc) is 2.75. The summed E-state index contributed by atoms with van der Waals surface area (Å²) in [5, 5.41) is 8.39. The third-order valence-electron chi connectivity index (χ3n) is 2.82. The molecule has 4 nitrogen and oxygen atoms in total. The third-order valence-corrected chi connectivity index (χ3v) is 3.54. The predicted molar refractivity (Wildman–Crippen MR) is 75.3 cm³/mol. The topological polar surface area (TPSA) is 56.2 Å². The van der Waals surface area contributed by atoms with Gasteiger partial charge in [-0.3, -0.25) is 4.40 Å². The van der Waals surface area contributed by atoms with E-state index in [1.165, 1.54) is 0 Å². The summed E-state index contributed by atoms with van der Waals surface area (Å²) >= 11 is 3.38. The van der Waals surface area contributed by atoms with Crippen molar-refractivity contribution >= 4 is 27.3 Å². The second kappa shape index (κ2) is 4.10. The van der Waals surface area contributed by atoms with Gasteiger partial charge in [0.2, 0.25) is 0 Å². The van der Waals surface area contributed by atoms with Gasteiger partial charge in [-0.05, 0) is 58.7 Å². The molecule has 0 saturated heterocycles. The van der Waals surface area contributed by atoms with Crippen molar-refractivity contribution < 1.29 is 0 Å². The van der Waals surface area contributed by atoms with Crippen LogP contribution in [0, 0.1) is 6.92 Å². The summed E-state index contributed by atoms with van der Waals surface area (Å²) in [6.45, 7) is 2.03. The minimum atomic E-state index is 0.691. The maximum atomic E-state index is 5.89. The Balaban J connectivity index is 2.22. The second-order valence-electron chi connectivity index (χ2n) is 4.19. The molecule has 0 radical (unpaired) electrons. The van der Waals surface area contributed by atoms with Gasteiger partial charge in [-0.15, -0.1) is 10.2 Å². The van der Waals surface area contributed by atoms with Crippen LogP contribution in [0.4, 0.5) is 5.69 Å². The van der Waals surface area contributed by atoms with Gasteiger partial charge in [0, 0.05) is 21.9 Å². The maximum Gasteiger partial charge on any atom is 0.168 e. The first-order valence-corrected chi connectivity index (χ1v) is 6.31. The zero-order valence-electron chi connectivity index (χ0n) is 9.76. The molecular formula is C13H11BrN4. The summed E-state index contributed by atoms with van der Waals surface area (Å²) in [6, 6.07) is 9.80. The fourth-order valence-electron chi connectivity index (χ4n) is 1.87. The fraction of sp³-hybridized carbons (Fsp3) is 0.0769. The molecule has 0 aliphatic rings. The van der Waals surface area contributed by atoms with Crippen LogP contribution in [0.2, 0.25) is 0 Å². The van der Waals surface area contributed by atoms with Crippen LogP contribution in [-0.2, 0) is 0 Å². The molecule has 0 bridgehead atoms. The van der Waals surface area contributed by atoms with Crippen LogP contribution in [0.1, 0.15) is 5.56 Å². The molecule has 2 heterocycles. The van der Waals surface area contributed by atoms with E-state index in [1.807, 2.05) is 47.9 Å². The van der Waals surface area contributed by atoms with Crippen LogP contribution in [0.15, 0.2) is 41.0 Å². The highest BCUT2D eigenvalue weighted by Gasteiger charge is 2.09. The number of nitrogen functional groups attached to an aromatic ring is 1. The summed E-state index contributed by atoms with van der Waals surface area (Å²) in [4.78, 5) is 0. The lowest BCUT2D eigenvalue weighted by molar-refractivity contribution is 1.11. The summed E-state index contributed by atoms with van der Waals surface area (Å²) < 4.78 is 2.84. The lowest BCUT2D eigenvalue weighted by Crippen LogP contribution is -1.92.